The van der Waals surface area contributed by atoms with Crippen LogP contribution in [0.2, 0.25) is 0 Å². The monoisotopic (exact) mass is 304 g/mol. The van der Waals surface area contributed by atoms with Gasteiger partial charge in [-0.3, -0.25) is 0 Å². The van der Waals surface area contributed by atoms with Crippen molar-refractivity contribution in [3.8, 4) is 11.3 Å². The molecule has 0 aliphatic rings. The molecule has 0 radical (unpaired) electrons. The number of rotatable bonds is 8. The van der Waals surface area contributed by atoms with Crippen molar-refractivity contribution in [2.75, 3.05) is 20.3 Å². The Hall–Kier alpha value is -1.23. The van der Waals surface area contributed by atoms with Crippen molar-refractivity contribution in [3.05, 3.63) is 40.7 Å². The molecule has 0 unspecified atom stereocenters. The number of hydrogen-bond donors (Lipinski definition) is 1. The first-order chi connectivity index (χ1) is 10.1. The van der Waals surface area contributed by atoms with Crippen molar-refractivity contribution in [2.45, 2.75) is 26.8 Å². The molecule has 0 bridgehead atoms. The van der Waals surface area contributed by atoms with Crippen LogP contribution in [0.5, 0.6) is 0 Å². The lowest BCUT2D eigenvalue weighted by atomic mass is 9.90. The largest absolute Gasteiger partial charge is 0.385 e. The van der Waals surface area contributed by atoms with Crippen molar-refractivity contribution in [1.29, 1.82) is 0 Å². The average molecular weight is 304 g/mol. The van der Waals surface area contributed by atoms with E-state index < -0.39 is 0 Å². The highest BCUT2D eigenvalue weighted by atomic mass is 32.1. The maximum absolute atomic E-state index is 5.16. The third-order valence-electron chi connectivity index (χ3n) is 3.48. The fourth-order valence-corrected chi connectivity index (χ4v) is 2.88. The van der Waals surface area contributed by atoms with Gasteiger partial charge in [0.1, 0.15) is 5.01 Å². The predicted octanol–water partition coefficient (Wildman–Crippen LogP) is 3.96. The second-order valence-corrected chi connectivity index (χ2v) is 6.95. The highest BCUT2D eigenvalue weighted by Crippen LogP contribution is 2.22. The van der Waals surface area contributed by atoms with Gasteiger partial charge in [0.15, 0.2) is 0 Å². The Morgan fingerprint density at radius 2 is 2.00 bits per heavy atom. The molecule has 1 N–H and O–H groups in total. The predicted molar refractivity (Wildman–Crippen MR) is 89.5 cm³/mol. The SMILES string of the molecule is COCCC(C)(C)CNCc1nc(-c2ccccc2)cs1. The normalized spacial score (nSPS) is 11.8. The first kappa shape index (κ1) is 16.1. The van der Waals surface area contributed by atoms with Gasteiger partial charge in [0, 0.05) is 37.7 Å². The molecule has 2 rings (SSSR count). The standard InChI is InChI=1S/C17H24N2OS/c1-17(2,9-10-20-3)13-18-11-16-19-15(12-21-16)14-7-5-4-6-8-14/h4-8,12,18H,9-11,13H2,1-3H3. The van der Waals surface area contributed by atoms with Crippen LogP contribution in [0.15, 0.2) is 35.7 Å². The summed E-state index contributed by atoms with van der Waals surface area (Å²) < 4.78 is 5.16. The zero-order valence-corrected chi connectivity index (χ0v) is 13.9. The van der Waals surface area contributed by atoms with E-state index >= 15 is 0 Å². The molecule has 0 atom stereocenters. The first-order valence-corrected chi connectivity index (χ1v) is 8.18. The summed E-state index contributed by atoms with van der Waals surface area (Å²) in [7, 11) is 1.75. The van der Waals surface area contributed by atoms with Crippen LogP contribution in [0.1, 0.15) is 25.3 Å². The third-order valence-corrected chi connectivity index (χ3v) is 4.33. The summed E-state index contributed by atoms with van der Waals surface area (Å²) in [6.07, 6.45) is 1.06. The summed E-state index contributed by atoms with van der Waals surface area (Å²) in [5.41, 5.74) is 2.49. The van der Waals surface area contributed by atoms with Crippen LogP contribution in [-0.2, 0) is 11.3 Å². The minimum atomic E-state index is 0.246. The lowest BCUT2D eigenvalue weighted by molar-refractivity contribution is 0.150. The number of benzene rings is 1. The minimum absolute atomic E-state index is 0.246. The molecule has 114 valence electrons. The summed E-state index contributed by atoms with van der Waals surface area (Å²) in [6, 6.07) is 10.3. The Morgan fingerprint density at radius 3 is 2.71 bits per heavy atom. The Bertz CT molecular complexity index is 537. The fourth-order valence-electron chi connectivity index (χ4n) is 2.11. The van der Waals surface area contributed by atoms with Gasteiger partial charge in [-0.2, -0.15) is 0 Å². The zero-order valence-electron chi connectivity index (χ0n) is 13.1. The van der Waals surface area contributed by atoms with E-state index in [1.807, 2.05) is 18.2 Å². The van der Waals surface area contributed by atoms with Gasteiger partial charge in [-0.05, 0) is 11.8 Å². The number of methoxy groups -OCH3 is 1. The number of thiazole rings is 1. The smallest absolute Gasteiger partial charge is 0.107 e. The van der Waals surface area contributed by atoms with E-state index in [1.54, 1.807) is 18.4 Å². The van der Waals surface area contributed by atoms with Crippen molar-refractivity contribution < 1.29 is 4.74 Å². The molecule has 4 heteroatoms. The van der Waals surface area contributed by atoms with Crippen LogP contribution in [0.3, 0.4) is 0 Å². The molecule has 0 fully saturated rings. The number of aromatic nitrogens is 1. The quantitative estimate of drug-likeness (QED) is 0.801. The minimum Gasteiger partial charge on any atom is -0.385 e. The molecule has 21 heavy (non-hydrogen) atoms. The molecule has 0 aliphatic carbocycles. The van der Waals surface area contributed by atoms with E-state index in [4.69, 9.17) is 9.72 Å². The van der Waals surface area contributed by atoms with Crippen LogP contribution >= 0.6 is 11.3 Å². The number of nitrogens with zero attached hydrogens (tertiary/aromatic N) is 1. The van der Waals surface area contributed by atoms with Gasteiger partial charge in [-0.25, -0.2) is 4.98 Å². The Morgan fingerprint density at radius 1 is 1.24 bits per heavy atom. The molecule has 0 saturated carbocycles. The van der Waals surface area contributed by atoms with E-state index in [-0.39, 0.29) is 5.41 Å². The van der Waals surface area contributed by atoms with E-state index in [2.05, 4.69) is 36.7 Å². The van der Waals surface area contributed by atoms with E-state index in [0.717, 1.165) is 36.8 Å². The Labute approximate surface area is 131 Å². The van der Waals surface area contributed by atoms with Gasteiger partial charge >= 0.3 is 0 Å². The summed E-state index contributed by atoms with van der Waals surface area (Å²) in [6.45, 7) is 7.13. The third kappa shape index (κ3) is 5.23. The summed E-state index contributed by atoms with van der Waals surface area (Å²) in [5.74, 6) is 0. The Balaban J connectivity index is 1.83. The molecular formula is C17H24N2OS. The van der Waals surface area contributed by atoms with E-state index in [0.29, 0.717) is 0 Å². The van der Waals surface area contributed by atoms with Gasteiger partial charge in [0.25, 0.3) is 0 Å². The molecule has 1 aromatic heterocycles. The molecule has 0 saturated heterocycles. The van der Waals surface area contributed by atoms with Gasteiger partial charge in [-0.1, -0.05) is 44.2 Å². The van der Waals surface area contributed by atoms with Gasteiger partial charge in [-0.15, -0.1) is 11.3 Å². The lowest BCUT2D eigenvalue weighted by Crippen LogP contribution is -2.30. The maximum Gasteiger partial charge on any atom is 0.107 e. The highest BCUT2D eigenvalue weighted by Gasteiger charge is 2.17. The van der Waals surface area contributed by atoms with Crippen LogP contribution in [0.4, 0.5) is 0 Å². The van der Waals surface area contributed by atoms with E-state index in [9.17, 15) is 0 Å². The van der Waals surface area contributed by atoms with Crippen LogP contribution in [0, 0.1) is 5.41 Å². The Kier molecular flexibility index (Phi) is 5.91. The summed E-state index contributed by atoms with van der Waals surface area (Å²) >= 11 is 1.71. The van der Waals surface area contributed by atoms with Crippen LogP contribution in [-0.4, -0.2) is 25.2 Å². The molecule has 1 aromatic carbocycles. The van der Waals surface area contributed by atoms with Gasteiger partial charge in [0.05, 0.1) is 5.69 Å². The van der Waals surface area contributed by atoms with Crippen molar-refractivity contribution in [1.82, 2.24) is 10.3 Å². The number of hydrogen-bond acceptors (Lipinski definition) is 4. The summed E-state index contributed by atoms with van der Waals surface area (Å²) in [5, 5.41) is 6.77. The average Bonchev–Trinajstić information content (AvgIpc) is 2.95. The number of ether oxygens (including phenoxy) is 1. The number of nitrogens with one attached hydrogen (secondary N) is 1. The molecule has 3 nitrogen and oxygen atoms in total. The topological polar surface area (TPSA) is 34.1 Å². The molecule has 1 heterocycles. The molecule has 0 amide bonds. The molecule has 0 spiro atoms. The summed E-state index contributed by atoms with van der Waals surface area (Å²) in [4.78, 5) is 4.69. The van der Waals surface area contributed by atoms with Crippen molar-refractivity contribution in [2.24, 2.45) is 5.41 Å². The molecule has 0 aliphatic heterocycles. The maximum atomic E-state index is 5.16. The zero-order chi connectivity index (χ0) is 15.1. The fraction of sp³-hybridized carbons (Fsp3) is 0.471. The molecule has 2 aromatic rings. The van der Waals surface area contributed by atoms with Crippen LogP contribution < -0.4 is 5.32 Å². The van der Waals surface area contributed by atoms with Crippen molar-refractivity contribution in [3.63, 3.8) is 0 Å². The second kappa shape index (κ2) is 7.69. The van der Waals surface area contributed by atoms with Gasteiger partial charge in [0.2, 0.25) is 0 Å². The second-order valence-electron chi connectivity index (χ2n) is 6.00. The van der Waals surface area contributed by atoms with Gasteiger partial charge < -0.3 is 10.1 Å². The molecular weight excluding hydrogens is 280 g/mol. The van der Waals surface area contributed by atoms with Crippen molar-refractivity contribution >= 4 is 11.3 Å². The highest BCUT2D eigenvalue weighted by molar-refractivity contribution is 7.09. The lowest BCUT2D eigenvalue weighted by Gasteiger charge is -2.24. The first-order valence-electron chi connectivity index (χ1n) is 7.30. The van der Waals surface area contributed by atoms with Crippen LogP contribution in [0.25, 0.3) is 11.3 Å². The van der Waals surface area contributed by atoms with E-state index in [1.165, 1.54) is 5.56 Å².